The maximum Gasteiger partial charge on any atom is 0.159 e. The lowest BCUT2D eigenvalue weighted by molar-refractivity contribution is 1.03. The molecule has 0 saturated heterocycles. The fraction of sp³-hybridized carbons (Fsp3) is 0. The number of benzene rings is 1. The summed E-state index contributed by atoms with van der Waals surface area (Å²) < 4.78 is 0. The van der Waals surface area contributed by atoms with Crippen molar-refractivity contribution in [3.8, 4) is 11.1 Å². The number of halogens is 2. The largest absolute Gasteiger partial charge is 0.263 e. The van der Waals surface area contributed by atoms with Crippen LogP contribution in [0.15, 0.2) is 42.7 Å². The molecule has 0 fully saturated rings. The zero-order chi connectivity index (χ0) is 12.5. The number of hydrogen-bond acceptors (Lipinski definition) is 3. The summed E-state index contributed by atoms with van der Waals surface area (Å²) in [5.41, 5.74) is 1.64. The molecule has 0 saturated carbocycles. The maximum absolute atomic E-state index is 6.07. The SMILES string of the molecule is Clc1cc(-c2cncc3ccccc23)c(Cl)nn1. The van der Waals surface area contributed by atoms with Gasteiger partial charge < -0.3 is 0 Å². The molecule has 0 N–H and O–H groups in total. The topological polar surface area (TPSA) is 38.7 Å². The van der Waals surface area contributed by atoms with E-state index in [2.05, 4.69) is 15.2 Å². The van der Waals surface area contributed by atoms with Crippen molar-refractivity contribution < 1.29 is 0 Å². The van der Waals surface area contributed by atoms with Crippen molar-refractivity contribution in [3.63, 3.8) is 0 Å². The van der Waals surface area contributed by atoms with Gasteiger partial charge in [-0.25, -0.2) is 0 Å². The van der Waals surface area contributed by atoms with Crippen molar-refractivity contribution in [1.29, 1.82) is 0 Å². The Bertz CT molecular complexity index is 723. The normalized spacial score (nSPS) is 10.8. The third-order valence-electron chi connectivity index (χ3n) is 2.68. The minimum absolute atomic E-state index is 0.308. The summed E-state index contributed by atoms with van der Waals surface area (Å²) >= 11 is 11.9. The van der Waals surface area contributed by atoms with Crippen LogP contribution in [0.1, 0.15) is 0 Å². The first-order valence-corrected chi connectivity index (χ1v) is 6.03. The molecule has 0 bridgehead atoms. The molecule has 18 heavy (non-hydrogen) atoms. The molecule has 0 aliphatic heterocycles. The van der Waals surface area contributed by atoms with Crippen LogP contribution < -0.4 is 0 Å². The van der Waals surface area contributed by atoms with E-state index in [1.165, 1.54) is 0 Å². The lowest BCUT2D eigenvalue weighted by Crippen LogP contribution is -1.90. The lowest BCUT2D eigenvalue weighted by Gasteiger charge is -2.07. The second kappa shape index (κ2) is 4.52. The highest BCUT2D eigenvalue weighted by Crippen LogP contribution is 2.32. The number of hydrogen-bond donors (Lipinski definition) is 0. The molecule has 0 unspecified atom stereocenters. The molecule has 88 valence electrons. The lowest BCUT2D eigenvalue weighted by atomic mass is 10.0. The van der Waals surface area contributed by atoms with Crippen LogP contribution in [0.25, 0.3) is 21.9 Å². The van der Waals surface area contributed by atoms with E-state index in [4.69, 9.17) is 23.2 Å². The Labute approximate surface area is 113 Å². The molecule has 0 amide bonds. The summed E-state index contributed by atoms with van der Waals surface area (Å²) in [5.74, 6) is 0. The van der Waals surface area contributed by atoms with Crippen LogP contribution in [0.4, 0.5) is 0 Å². The van der Waals surface area contributed by atoms with Gasteiger partial charge in [0, 0.05) is 28.9 Å². The van der Waals surface area contributed by atoms with Gasteiger partial charge in [-0.2, -0.15) is 0 Å². The molecule has 3 nitrogen and oxygen atoms in total. The number of aromatic nitrogens is 3. The molecular formula is C13H7Cl2N3. The first-order valence-electron chi connectivity index (χ1n) is 5.27. The first-order chi connectivity index (χ1) is 8.75. The van der Waals surface area contributed by atoms with Gasteiger partial charge in [0.1, 0.15) is 0 Å². The Balaban J connectivity index is 2.35. The molecule has 3 rings (SSSR count). The molecule has 0 atom stereocenters. The first kappa shape index (κ1) is 11.4. The van der Waals surface area contributed by atoms with Crippen molar-refractivity contribution in [2.24, 2.45) is 0 Å². The minimum atomic E-state index is 0.308. The molecule has 2 heterocycles. The minimum Gasteiger partial charge on any atom is -0.263 e. The number of pyridine rings is 1. The Kier molecular flexibility index (Phi) is 2.86. The molecule has 1 aromatic carbocycles. The fourth-order valence-corrected chi connectivity index (χ4v) is 2.21. The van der Waals surface area contributed by atoms with Crippen LogP contribution in [0.2, 0.25) is 10.3 Å². The van der Waals surface area contributed by atoms with Crippen molar-refractivity contribution in [2.75, 3.05) is 0 Å². The highest BCUT2D eigenvalue weighted by atomic mass is 35.5. The average Bonchev–Trinajstić information content (AvgIpc) is 2.41. The highest BCUT2D eigenvalue weighted by Gasteiger charge is 2.10. The third kappa shape index (κ3) is 1.92. The van der Waals surface area contributed by atoms with Crippen LogP contribution in [0, 0.1) is 0 Å². The zero-order valence-corrected chi connectivity index (χ0v) is 10.7. The van der Waals surface area contributed by atoms with E-state index in [9.17, 15) is 0 Å². The Morgan fingerprint density at radius 1 is 0.889 bits per heavy atom. The van der Waals surface area contributed by atoms with E-state index >= 15 is 0 Å². The van der Waals surface area contributed by atoms with Crippen LogP contribution in [-0.2, 0) is 0 Å². The Hall–Kier alpha value is -1.71. The smallest absolute Gasteiger partial charge is 0.159 e. The predicted octanol–water partition coefficient (Wildman–Crippen LogP) is 4.00. The van der Waals surface area contributed by atoms with Gasteiger partial charge in [-0.15, -0.1) is 10.2 Å². The van der Waals surface area contributed by atoms with E-state index in [-0.39, 0.29) is 0 Å². The summed E-state index contributed by atoms with van der Waals surface area (Å²) in [6, 6.07) is 9.64. The molecule has 0 radical (unpaired) electrons. The van der Waals surface area contributed by atoms with Gasteiger partial charge in [-0.3, -0.25) is 4.98 Å². The van der Waals surface area contributed by atoms with Gasteiger partial charge in [0.05, 0.1) is 0 Å². The fourth-order valence-electron chi connectivity index (χ4n) is 1.87. The number of fused-ring (bicyclic) bond motifs is 1. The van der Waals surface area contributed by atoms with Gasteiger partial charge in [0.25, 0.3) is 0 Å². The molecule has 2 aromatic heterocycles. The predicted molar refractivity (Wildman–Crippen MR) is 72.8 cm³/mol. The van der Waals surface area contributed by atoms with Crippen LogP contribution in [0.3, 0.4) is 0 Å². The molecule has 0 aliphatic rings. The Morgan fingerprint density at radius 2 is 1.72 bits per heavy atom. The quantitative estimate of drug-likeness (QED) is 0.674. The maximum atomic E-state index is 6.07. The zero-order valence-electron chi connectivity index (χ0n) is 9.14. The summed E-state index contributed by atoms with van der Waals surface area (Å²) in [6.07, 6.45) is 3.56. The molecule has 0 spiro atoms. The summed E-state index contributed by atoms with van der Waals surface area (Å²) in [5, 5.41) is 10.2. The van der Waals surface area contributed by atoms with E-state index in [0.717, 1.165) is 21.9 Å². The van der Waals surface area contributed by atoms with Gasteiger partial charge >= 0.3 is 0 Å². The third-order valence-corrected chi connectivity index (χ3v) is 3.14. The summed E-state index contributed by atoms with van der Waals surface area (Å²) in [6.45, 7) is 0. The van der Waals surface area contributed by atoms with Gasteiger partial charge in [-0.1, -0.05) is 47.5 Å². The molecule has 3 aromatic rings. The van der Waals surface area contributed by atoms with Crippen molar-refractivity contribution >= 4 is 34.0 Å². The number of rotatable bonds is 1. The standard InChI is InChI=1S/C13H7Cl2N3/c14-12-5-10(13(15)18-17-12)11-7-16-6-8-3-1-2-4-9(8)11/h1-7H. The van der Waals surface area contributed by atoms with Gasteiger partial charge in [-0.05, 0) is 11.5 Å². The Morgan fingerprint density at radius 3 is 2.61 bits per heavy atom. The van der Waals surface area contributed by atoms with Crippen molar-refractivity contribution in [3.05, 3.63) is 53.0 Å². The molecule has 5 heteroatoms. The van der Waals surface area contributed by atoms with E-state index in [0.29, 0.717) is 10.3 Å². The van der Waals surface area contributed by atoms with Crippen LogP contribution in [-0.4, -0.2) is 15.2 Å². The highest BCUT2D eigenvalue weighted by molar-refractivity contribution is 6.33. The summed E-state index contributed by atoms with van der Waals surface area (Å²) in [7, 11) is 0. The average molecular weight is 276 g/mol. The second-order valence-corrected chi connectivity index (χ2v) is 4.53. The monoisotopic (exact) mass is 275 g/mol. The van der Waals surface area contributed by atoms with Gasteiger partial charge in [0.2, 0.25) is 0 Å². The van der Waals surface area contributed by atoms with E-state index in [1.54, 1.807) is 12.3 Å². The van der Waals surface area contributed by atoms with Crippen LogP contribution >= 0.6 is 23.2 Å². The molecular weight excluding hydrogens is 269 g/mol. The van der Waals surface area contributed by atoms with Crippen molar-refractivity contribution in [1.82, 2.24) is 15.2 Å². The number of nitrogens with zero attached hydrogens (tertiary/aromatic N) is 3. The molecule has 0 aliphatic carbocycles. The van der Waals surface area contributed by atoms with E-state index in [1.807, 2.05) is 30.5 Å². The van der Waals surface area contributed by atoms with E-state index < -0.39 is 0 Å². The van der Waals surface area contributed by atoms with Crippen LogP contribution in [0.5, 0.6) is 0 Å². The second-order valence-electron chi connectivity index (χ2n) is 3.78. The van der Waals surface area contributed by atoms with Gasteiger partial charge in [0.15, 0.2) is 10.3 Å². The van der Waals surface area contributed by atoms with Crippen molar-refractivity contribution in [2.45, 2.75) is 0 Å². The summed E-state index contributed by atoms with van der Waals surface area (Å²) in [4.78, 5) is 4.21.